The molecule has 0 atom stereocenters. The Labute approximate surface area is 175 Å². The largest absolute Gasteiger partial charge is 0.460 e. The predicted octanol–water partition coefficient (Wildman–Crippen LogP) is 6.35. The molecule has 29 heavy (non-hydrogen) atoms. The number of aromatic nitrogens is 1. The Morgan fingerprint density at radius 3 is 2.52 bits per heavy atom. The summed E-state index contributed by atoms with van der Waals surface area (Å²) < 4.78 is 6.19. The summed E-state index contributed by atoms with van der Waals surface area (Å²) in [5, 5.41) is 2.04. The molecular weight excluding hydrogens is 358 g/mol. The van der Waals surface area contributed by atoms with Crippen LogP contribution < -0.4 is 5.73 Å². The third-order valence-corrected chi connectivity index (χ3v) is 5.99. The third kappa shape index (κ3) is 5.30. The van der Waals surface area contributed by atoms with Crippen molar-refractivity contribution >= 4 is 27.7 Å². The molecule has 4 nitrogen and oxygen atoms in total. The minimum atomic E-state index is 0.248. The zero-order valence-corrected chi connectivity index (χ0v) is 18.8. The van der Waals surface area contributed by atoms with E-state index in [1.165, 1.54) is 24.8 Å². The summed E-state index contributed by atoms with van der Waals surface area (Å²) in [5.41, 5.74) is 9.61. The molecule has 1 aromatic carbocycles. The quantitative estimate of drug-likeness (QED) is 0.429. The van der Waals surface area contributed by atoms with Crippen molar-refractivity contribution in [3.05, 3.63) is 35.6 Å². The molecule has 0 saturated carbocycles. The normalized spacial score (nSPS) is 12.5. The van der Waals surface area contributed by atoms with E-state index in [2.05, 4.69) is 68.9 Å². The second kappa shape index (κ2) is 9.17. The summed E-state index contributed by atoms with van der Waals surface area (Å²) >= 11 is 0. The van der Waals surface area contributed by atoms with Crippen molar-refractivity contribution in [2.75, 3.05) is 19.3 Å². The van der Waals surface area contributed by atoms with Crippen LogP contribution in [0.15, 0.2) is 28.7 Å². The lowest BCUT2D eigenvalue weighted by Gasteiger charge is -2.31. The van der Waals surface area contributed by atoms with Gasteiger partial charge in [-0.05, 0) is 83.8 Å². The predicted molar refractivity (Wildman–Crippen MR) is 124 cm³/mol. The van der Waals surface area contributed by atoms with E-state index in [9.17, 15) is 0 Å². The SMILES string of the molecule is CCCCc1cc2c(N)nc3ccc(CCCCCN(C)C(C)(C)C)cc3c2o1. The summed E-state index contributed by atoms with van der Waals surface area (Å²) in [6.07, 6.45) is 8.01. The molecule has 158 valence electrons. The number of rotatable bonds is 9. The summed E-state index contributed by atoms with van der Waals surface area (Å²) in [5.74, 6) is 1.57. The smallest absolute Gasteiger partial charge is 0.147 e. The first-order valence-corrected chi connectivity index (χ1v) is 11.1. The highest BCUT2D eigenvalue weighted by Gasteiger charge is 2.16. The second-order valence-corrected chi connectivity index (χ2v) is 9.31. The lowest BCUT2D eigenvalue weighted by atomic mass is 10.0. The number of hydrogen-bond acceptors (Lipinski definition) is 4. The van der Waals surface area contributed by atoms with Gasteiger partial charge >= 0.3 is 0 Å². The first-order chi connectivity index (χ1) is 13.8. The van der Waals surface area contributed by atoms with E-state index >= 15 is 0 Å². The van der Waals surface area contributed by atoms with Crippen LogP contribution in [0.3, 0.4) is 0 Å². The van der Waals surface area contributed by atoms with Gasteiger partial charge in [0, 0.05) is 17.3 Å². The number of anilines is 1. The van der Waals surface area contributed by atoms with E-state index in [0.717, 1.165) is 59.9 Å². The highest BCUT2D eigenvalue weighted by atomic mass is 16.3. The van der Waals surface area contributed by atoms with Gasteiger partial charge in [-0.2, -0.15) is 0 Å². The zero-order valence-electron chi connectivity index (χ0n) is 18.8. The van der Waals surface area contributed by atoms with E-state index in [1.807, 2.05) is 0 Å². The fourth-order valence-corrected chi connectivity index (χ4v) is 3.70. The van der Waals surface area contributed by atoms with Gasteiger partial charge in [0.05, 0.1) is 10.9 Å². The molecule has 0 aliphatic heterocycles. The Morgan fingerprint density at radius 1 is 1.00 bits per heavy atom. The van der Waals surface area contributed by atoms with Crippen LogP contribution in [-0.4, -0.2) is 29.0 Å². The monoisotopic (exact) mass is 395 g/mol. The molecule has 4 heteroatoms. The van der Waals surface area contributed by atoms with Gasteiger partial charge in [0.1, 0.15) is 17.2 Å². The topological polar surface area (TPSA) is 55.3 Å². The van der Waals surface area contributed by atoms with Crippen LogP contribution in [0, 0.1) is 0 Å². The molecule has 0 bridgehead atoms. The van der Waals surface area contributed by atoms with Crippen LogP contribution in [0.4, 0.5) is 5.82 Å². The van der Waals surface area contributed by atoms with Crippen molar-refractivity contribution in [1.29, 1.82) is 0 Å². The Balaban J connectivity index is 1.69. The minimum absolute atomic E-state index is 0.248. The van der Waals surface area contributed by atoms with Crippen molar-refractivity contribution in [2.45, 2.75) is 78.2 Å². The van der Waals surface area contributed by atoms with Crippen molar-refractivity contribution in [3.63, 3.8) is 0 Å². The number of nitrogens with two attached hydrogens (primary N) is 1. The average molecular weight is 396 g/mol. The fourth-order valence-electron chi connectivity index (χ4n) is 3.70. The molecule has 0 aliphatic rings. The molecule has 0 unspecified atom stereocenters. The van der Waals surface area contributed by atoms with Crippen LogP contribution in [-0.2, 0) is 12.8 Å². The van der Waals surface area contributed by atoms with Gasteiger partial charge in [-0.25, -0.2) is 4.98 Å². The average Bonchev–Trinajstić information content (AvgIpc) is 3.11. The number of pyridine rings is 1. The third-order valence-electron chi connectivity index (χ3n) is 5.99. The molecule has 0 fully saturated rings. The number of hydrogen-bond donors (Lipinski definition) is 1. The molecule has 3 aromatic rings. The number of nitrogen functional groups attached to an aromatic ring is 1. The highest BCUT2D eigenvalue weighted by molar-refractivity contribution is 6.07. The molecule has 0 spiro atoms. The second-order valence-electron chi connectivity index (χ2n) is 9.31. The maximum absolute atomic E-state index is 6.20. The molecule has 3 rings (SSSR count). The Hall–Kier alpha value is -2.07. The summed E-state index contributed by atoms with van der Waals surface area (Å²) in [6, 6.07) is 8.59. The molecule has 0 amide bonds. The van der Waals surface area contributed by atoms with Crippen molar-refractivity contribution in [2.24, 2.45) is 0 Å². The van der Waals surface area contributed by atoms with E-state index < -0.39 is 0 Å². The molecule has 2 heterocycles. The molecular formula is C25H37N3O. The molecule has 0 radical (unpaired) electrons. The van der Waals surface area contributed by atoms with E-state index in [-0.39, 0.29) is 5.54 Å². The van der Waals surface area contributed by atoms with Crippen LogP contribution in [0.25, 0.3) is 21.9 Å². The van der Waals surface area contributed by atoms with Gasteiger partial charge in [-0.15, -0.1) is 0 Å². The molecule has 0 saturated heterocycles. The van der Waals surface area contributed by atoms with Gasteiger partial charge in [0.25, 0.3) is 0 Å². The molecule has 2 N–H and O–H groups in total. The highest BCUT2D eigenvalue weighted by Crippen LogP contribution is 2.32. The number of furan rings is 1. The number of nitrogens with zero attached hydrogens (tertiary/aromatic N) is 2. The van der Waals surface area contributed by atoms with Crippen LogP contribution in [0.5, 0.6) is 0 Å². The zero-order chi connectivity index (χ0) is 21.0. The fraction of sp³-hybridized carbons (Fsp3) is 0.560. The maximum Gasteiger partial charge on any atom is 0.147 e. The Kier molecular flexibility index (Phi) is 6.84. The van der Waals surface area contributed by atoms with Crippen LogP contribution >= 0.6 is 0 Å². The van der Waals surface area contributed by atoms with E-state index in [0.29, 0.717) is 5.82 Å². The van der Waals surface area contributed by atoms with Gasteiger partial charge in [-0.1, -0.05) is 25.8 Å². The van der Waals surface area contributed by atoms with E-state index in [1.54, 1.807) is 0 Å². The van der Waals surface area contributed by atoms with Gasteiger partial charge in [-0.3, -0.25) is 0 Å². The lowest BCUT2D eigenvalue weighted by molar-refractivity contribution is 0.172. The van der Waals surface area contributed by atoms with Crippen LogP contribution in [0.2, 0.25) is 0 Å². The first kappa shape index (κ1) is 21.6. The van der Waals surface area contributed by atoms with Crippen molar-refractivity contribution in [1.82, 2.24) is 9.88 Å². The van der Waals surface area contributed by atoms with Crippen LogP contribution in [0.1, 0.15) is 71.1 Å². The maximum atomic E-state index is 6.20. The Bertz CT molecular complexity index is 952. The van der Waals surface area contributed by atoms with E-state index in [4.69, 9.17) is 10.2 Å². The number of unbranched alkanes of at least 4 members (excludes halogenated alkanes) is 3. The van der Waals surface area contributed by atoms with Gasteiger partial charge in [0.15, 0.2) is 0 Å². The number of fused-ring (bicyclic) bond motifs is 3. The first-order valence-electron chi connectivity index (χ1n) is 11.1. The minimum Gasteiger partial charge on any atom is -0.460 e. The number of aryl methyl sites for hydroxylation is 2. The standard InChI is InChI=1S/C25H37N3O/c1-6-7-12-19-17-21-23(29-19)20-16-18(13-14-22(20)27-24(21)26)11-9-8-10-15-28(5)25(2,3)4/h13-14,16-17H,6-12,15H2,1-5H3,(H2,26,27). The molecule has 0 aliphatic carbocycles. The summed E-state index contributed by atoms with van der Waals surface area (Å²) in [6.45, 7) is 10.2. The van der Waals surface area contributed by atoms with Crippen molar-refractivity contribution in [3.8, 4) is 0 Å². The summed E-state index contributed by atoms with van der Waals surface area (Å²) in [4.78, 5) is 7.04. The van der Waals surface area contributed by atoms with Gasteiger partial charge < -0.3 is 15.1 Å². The number of benzene rings is 1. The lowest BCUT2D eigenvalue weighted by Crippen LogP contribution is -2.38. The Morgan fingerprint density at radius 2 is 1.79 bits per heavy atom. The summed E-state index contributed by atoms with van der Waals surface area (Å²) in [7, 11) is 2.21. The van der Waals surface area contributed by atoms with Gasteiger partial charge in [0.2, 0.25) is 0 Å². The van der Waals surface area contributed by atoms with Crippen molar-refractivity contribution < 1.29 is 4.42 Å². The molecule has 2 aromatic heterocycles.